The number of carbonyl (C=O) groups is 1. The van der Waals surface area contributed by atoms with Gasteiger partial charge in [0.05, 0.1) is 0 Å². The predicted octanol–water partition coefficient (Wildman–Crippen LogP) is 0.460. The molecular weight excluding hydrogens is 99.0 g/mol. The average molecular weight is 104 g/mol. The van der Waals surface area contributed by atoms with E-state index in [1.807, 2.05) is 9.24 Å². The zero-order chi connectivity index (χ0) is 5.15. The van der Waals surface area contributed by atoms with Crippen LogP contribution in [0.2, 0.25) is 0 Å². The quantitative estimate of drug-likeness (QED) is 0.387. The summed E-state index contributed by atoms with van der Waals surface area (Å²) < 4.78 is 0. The summed E-state index contributed by atoms with van der Waals surface area (Å²) >= 11 is 0. The number of carboxylic acid groups (broad SMARTS) is 1. The second-order valence-electron chi connectivity index (χ2n) is 0.830. The van der Waals surface area contributed by atoms with Gasteiger partial charge in [-0.3, -0.25) is 0 Å². The van der Waals surface area contributed by atoms with Gasteiger partial charge in [-0.25, -0.2) is 4.79 Å². The van der Waals surface area contributed by atoms with Gasteiger partial charge in [0.1, 0.15) is 0 Å². The Hall–Kier alpha value is -0.360. The molecule has 0 radical (unpaired) electrons. The van der Waals surface area contributed by atoms with E-state index in [0.717, 1.165) is 0 Å². The molecule has 2 nitrogen and oxygen atoms in total. The Kier molecular flexibility index (Phi) is 1.82. The lowest BCUT2D eigenvalue weighted by molar-refractivity contribution is -0.131. The Morgan fingerprint density at radius 2 is 2.00 bits per heavy atom. The molecule has 34 valence electrons. The van der Waals surface area contributed by atoms with Crippen molar-refractivity contribution < 1.29 is 9.90 Å². The second-order valence-corrected chi connectivity index (χ2v) is 1.53. The molecule has 0 saturated carbocycles. The van der Waals surface area contributed by atoms with Crippen molar-refractivity contribution in [3.63, 3.8) is 0 Å². The van der Waals surface area contributed by atoms with Gasteiger partial charge in [-0.15, -0.1) is 0 Å². The van der Waals surface area contributed by atoms with Gasteiger partial charge in [-0.05, 0) is 0 Å². The standard InChI is InChI=1S/C3H5O2P/c1-2(6)3(4)5/h1,6H2,(H,4,5). The van der Waals surface area contributed by atoms with Crippen molar-refractivity contribution in [3.8, 4) is 0 Å². The van der Waals surface area contributed by atoms with E-state index in [9.17, 15) is 4.79 Å². The SMILES string of the molecule is C=C(P)C(=O)O. The fourth-order valence-electron chi connectivity index (χ4n) is 0. The summed E-state index contributed by atoms with van der Waals surface area (Å²) in [6.45, 7) is 3.12. The van der Waals surface area contributed by atoms with Crippen molar-refractivity contribution in [1.29, 1.82) is 0 Å². The summed E-state index contributed by atoms with van der Waals surface area (Å²) in [4.78, 5) is 9.58. The summed E-state index contributed by atoms with van der Waals surface area (Å²) in [6, 6.07) is 0. The average Bonchev–Trinajstić information content (AvgIpc) is 1.36. The van der Waals surface area contributed by atoms with Crippen molar-refractivity contribution >= 4 is 15.2 Å². The molecule has 0 aromatic carbocycles. The summed E-state index contributed by atoms with van der Waals surface area (Å²) in [7, 11) is 1.98. The lowest BCUT2D eigenvalue weighted by atomic mass is 10.7. The van der Waals surface area contributed by atoms with Gasteiger partial charge in [-0.2, -0.15) is 0 Å². The van der Waals surface area contributed by atoms with E-state index in [1.165, 1.54) is 0 Å². The van der Waals surface area contributed by atoms with Crippen molar-refractivity contribution in [3.05, 3.63) is 11.9 Å². The fraction of sp³-hybridized carbons (Fsp3) is 0. The monoisotopic (exact) mass is 104 g/mol. The van der Waals surface area contributed by atoms with Crippen molar-refractivity contribution in [1.82, 2.24) is 0 Å². The van der Waals surface area contributed by atoms with Crippen LogP contribution in [0.1, 0.15) is 0 Å². The fourth-order valence-corrected chi connectivity index (χ4v) is 0. The lowest BCUT2D eigenvalue weighted by Crippen LogP contribution is -1.89. The number of hydrogen-bond donors (Lipinski definition) is 1. The number of rotatable bonds is 1. The number of carboxylic acids is 1. The first-order chi connectivity index (χ1) is 2.64. The van der Waals surface area contributed by atoms with Crippen LogP contribution in [-0.4, -0.2) is 11.1 Å². The van der Waals surface area contributed by atoms with Gasteiger partial charge in [0.25, 0.3) is 0 Å². The Balaban J connectivity index is 3.57. The molecule has 0 aliphatic carbocycles. The zero-order valence-corrected chi connectivity index (χ0v) is 4.29. The molecule has 0 saturated heterocycles. The molecule has 0 amide bonds. The van der Waals surface area contributed by atoms with E-state index in [2.05, 4.69) is 6.58 Å². The maximum Gasteiger partial charge on any atom is 0.334 e. The van der Waals surface area contributed by atoms with E-state index in [-0.39, 0.29) is 5.31 Å². The van der Waals surface area contributed by atoms with Gasteiger partial charge >= 0.3 is 5.97 Å². The van der Waals surface area contributed by atoms with Crippen LogP contribution in [-0.2, 0) is 4.79 Å². The van der Waals surface area contributed by atoms with Crippen LogP contribution in [0, 0.1) is 0 Å². The van der Waals surface area contributed by atoms with Crippen LogP contribution in [0.3, 0.4) is 0 Å². The Bertz CT molecular complexity index is 74.8. The third-order valence-electron chi connectivity index (χ3n) is 0.275. The van der Waals surface area contributed by atoms with Gasteiger partial charge in [0.15, 0.2) is 0 Å². The summed E-state index contributed by atoms with van der Waals surface area (Å²) in [6.07, 6.45) is 0. The summed E-state index contributed by atoms with van der Waals surface area (Å²) in [5.74, 6) is -0.972. The number of aliphatic carboxylic acids is 1. The molecule has 0 aliphatic rings. The van der Waals surface area contributed by atoms with E-state index in [1.54, 1.807) is 0 Å². The van der Waals surface area contributed by atoms with Gasteiger partial charge < -0.3 is 5.11 Å². The molecule has 0 aliphatic heterocycles. The normalized spacial score (nSPS) is 7.50. The van der Waals surface area contributed by atoms with Crippen LogP contribution in [0.4, 0.5) is 0 Å². The van der Waals surface area contributed by atoms with Crippen LogP contribution >= 0.6 is 9.24 Å². The molecule has 1 unspecified atom stereocenters. The van der Waals surface area contributed by atoms with Crippen LogP contribution in [0.25, 0.3) is 0 Å². The molecule has 0 fully saturated rings. The molecule has 0 aromatic heterocycles. The molecule has 0 rings (SSSR count). The maximum atomic E-state index is 9.58. The first kappa shape index (κ1) is 5.64. The Morgan fingerprint density at radius 3 is 2.00 bits per heavy atom. The second kappa shape index (κ2) is 1.93. The molecule has 0 heterocycles. The molecule has 0 aromatic rings. The Morgan fingerprint density at radius 1 is 1.83 bits per heavy atom. The first-order valence-corrected chi connectivity index (χ1v) is 1.90. The van der Waals surface area contributed by atoms with Crippen molar-refractivity contribution in [2.75, 3.05) is 0 Å². The maximum absolute atomic E-state index is 9.58. The highest BCUT2D eigenvalue weighted by Gasteiger charge is 1.90. The highest BCUT2D eigenvalue weighted by Crippen LogP contribution is 1.97. The van der Waals surface area contributed by atoms with E-state index >= 15 is 0 Å². The van der Waals surface area contributed by atoms with Crippen LogP contribution in [0.15, 0.2) is 11.9 Å². The first-order valence-electron chi connectivity index (χ1n) is 1.32. The minimum atomic E-state index is -0.972. The van der Waals surface area contributed by atoms with Crippen LogP contribution < -0.4 is 0 Å². The predicted molar refractivity (Wildman–Crippen MR) is 26.5 cm³/mol. The lowest BCUT2D eigenvalue weighted by Gasteiger charge is -1.79. The third-order valence-corrected chi connectivity index (χ3v) is 0.522. The third kappa shape index (κ3) is 1.91. The van der Waals surface area contributed by atoms with Crippen molar-refractivity contribution in [2.45, 2.75) is 0 Å². The van der Waals surface area contributed by atoms with E-state index < -0.39 is 5.97 Å². The molecule has 0 spiro atoms. The smallest absolute Gasteiger partial charge is 0.334 e. The summed E-state index contributed by atoms with van der Waals surface area (Å²) in [5.41, 5.74) is 0. The highest BCUT2D eigenvalue weighted by molar-refractivity contribution is 7.24. The van der Waals surface area contributed by atoms with Gasteiger partial charge in [-0.1, -0.05) is 15.8 Å². The van der Waals surface area contributed by atoms with Gasteiger partial charge in [0.2, 0.25) is 0 Å². The minimum absolute atomic E-state index is 0.0926. The Labute approximate surface area is 38.1 Å². The summed E-state index contributed by atoms with van der Waals surface area (Å²) in [5, 5.41) is 7.96. The molecule has 1 N–H and O–H groups in total. The molecular formula is C3H5O2P. The van der Waals surface area contributed by atoms with Gasteiger partial charge in [0, 0.05) is 5.31 Å². The highest BCUT2D eigenvalue weighted by atomic mass is 31.0. The minimum Gasteiger partial charge on any atom is -0.478 e. The topological polar surface area (TPSA) is 37.3 Å². The molecule has 6 heavy (non-hydrogen) atoms. The number of hydrogen-bond acceptors (Lipinski definition) is 1. The molecule has 0 bridgehead atoms. The van der Waals surface area contributed by atoms with Crippen LogP contribution in [0.5, 0.6) is 0 Å². The molecule has 1 atom stereocenters. The largest absolute Gasteiger partial charge is 0.478 e. The van der Waals surface area contributed by atoms with E-state index in [4.69, 9.17) is 5.11 Å². The van der Waals surface area contributed by atoms with Crippen molar-refractivity contribution in [2.24, 2.45) is 0 Å². The molecule has 3 heteroatoms. The van der Waals surface area contributed by atoms with E-state index in [0.29, 0.717) is 0 Å². The zero-order valence-electron chi connectivity index (χ0n) is 3.14.